The van der Waals surface area contributed by atoms with Crippen LogP contribution in [0.3, 0.4) is 0 Å². The number of alkyl carbamates (subject to hydrolysis) is 1. The van der Waals surface area contributed by atoms with E-state index >= 15 is 0 Å². The predicted molar refractivity (Wildman–Crippen MR) is 131 cm³/mol. The summed E-state index contributed by atoms with van der Waals surface area (Å²) in [6, 6.07) is 16.2. The van der Waals surface area contributed by atoms with Gasteiger partial charge >= 0.3 is 12.1 Å². The molecule has 2 aromatic carbocycles. The SMILES string of the molecule is O=C(O)CC1CCN(C(=O)[C@H]2CCC[C@H]2NC(=O)OCC2c3ccccc3-c3ccccc32)CC1. The number of ether oxygens (including phenoxy) is 1. The lowest BCUT2D eigenvalue weighted by Gasteiger charge is -2.34. The summed E-state index contributed by atoms with van der Waals surface area (Å²) in [5, 5.41) is 12.0. The average molecular weight is 477 g/mol. The van der Waals surface area contributed by atoms with Crippen LogP contribution in [-0.2, 0) is 14.3 Å². The van der Waals surface area contributed by atoms with Gasteiger partial charge in [0.15, 0.2) is 0 Å². The number of carbonyl (C=O) groups excluding carboxylic acids is 2. The van der Waals surface area contributed by atoms with Crippen molar-refractivity contribution in [1.29, 1.82) is 0 Å². The third kappa shape index (κ3) is 4.90. The molecular formula is C28H32N2O5. The number of aliphatic carboxylic acids is 1. The van der Waals surface area contributed by atoms with E-state index in [1.807, 2.05) is 29.2 Å². The second-order valence-corrected chi connectivity index (χ2v) is 9.98. The minimum atomic E-state index is -0.780. The van der Waals surface area contributed by atoms with E-state index in [1.165, 1.54) is 22.3 Å². The highest BCUT2D eigenvalue weighted by Gasteiger charge is 2.38. The van der Waals surface area contributed by atoms with Gasteiger partial charge in [0.25, 0.3) is 0 Å². The molecule has 1 heterocycles. The normalized spacial score (nSPS) is 21.9. The second kappa shape index (κ2) is 10.1. The summed E-state index contributed by atoms with van der Waals surface area (Å²) in [6.45, 7) is 1.43. The number of hydrogen-bond donors (Lipinski definition) is 2. The summed E-state index contributed by atoms with van der Waals surface area (Å²) in [5.41, 5.74) is 4.71. The first-order valence-corrected chi connectivity index (χ1v) is 12.6. The molecule has 2 fully saturated rings. The van der Waals surface area contributed by atoms with Crippen LogP contribution in [0.1, 0.15) is 55.6 Å². The van der Waals surface area contributed by atoms with Gasteiger partial charge in [-0.15, -0.1) is 0 Å². The summed E-state index contributed by atoms with van der Waals surface area (Å²) < 4.78 is 5.70. The number of likely N-dealkylation sites (tertiary alicyclic amines) is 1. The molecule has 1 saturated carbocycles. The molecule has 2 aliphatic carbocycles. The minimum Gasteiger partial charge on any atom is -0.481 e. The Morgan fingerprint density at radius 1 is 0.914 bits per heavy atom. The van der Waals surface area contributed by atoms with Crippen molar-refractivity contribution in [3.63, 3.8) is 0 Å². The molecule has 2 N–H and O–H groups in total. The number of rotatable bonds is 6. The van der Waals surface area contributed by atoms with Crippen LogP contribution in [-0.4, -0.2) is 53.7 Å². The third-order valence-corrected chi connectivity index (χ3v) is 7.87. The largest absolute Gasteiger partial charge is 0.481 e. The van der Waals surface area contributed by atoms with Gasteiger partial charge in [0.2, 0.25) is 5.91 Å². The fourth-order valence-electron chi connectivity index (χ4n) is 6.06. The highest BCUT2D eigenvalue weighted by atomic mass is 16.5. The number of nitrogens with one attached hydrogen (secondary N) is 1. The van der Waals surface area contributed by atoms with Crippen molar-refractivity contribution in [2.24, 2.45) is 11.8 Å². The van der Waals surface area contributed by atoms with Crippen LogP contribution in [0.15, 0.2) is 48.5 Å². The molecule has 0 radical (unpaired) electrons. The Bertz CT molecular complexity index is 1060. The number of hydrogen-bond acceptors (Lipinski definition) is 4. The van der Waals surface area contributed by atoms with Crippen LogP contribution >= 0.6 is 0 Å². The number of amides is 2. The van der Waals surface area contributed by atoms with Gasteiger partial charge in [-0.25, -0.2) is 4.79 Å². The molecule has 2 amide bonds. The summed E-state index contributed by atoms with van der Waals surface area (Å²) in [6.07, 6.45) is 3.53. The van der Waals surface area contributed by atoms with E-state index in [2.05, 4.69) is 29.6 Å². The topological polar surface area (TPSA) is 95.9 Å². The molecule has 0 aromatic heterocycles. The molecule has 184 valence electrons. The quantitative estimate of drug-likeness (QED) is 0.644. The molecule has 3 aliphatic rings. The average Bonchev–Trinajstić information content (AvgIpc) is 3.45. The Morgan fingerprint density at radius 3 is 2.17 bits per heavy atom. The second-order valence-electron chi connectivity index (χ2n) is 9.98. The Balaban J connectivity index is 1.16. The van der Waals surface area contributed by atoms with Crippen LogP contribution in [0.25, 0.3) is 11.1 Å². The summed E-state index contributed by atoms with van der Waals surface area (Å²) >= 11 is 0. The first kappa shape index (κ1) is 23.4. The molecule has 1 saturated heterocycles. The van der Waals surface area contributed by atoms with Crippen LogP contribution in [0, 0.1) is 11.8 Å². The monoisotopic (exact) mass is 476 g/mol. The van der Waals surface area contributed by atoms with E-state index in [0.717, 1.165) is 32.1 Å². The van der Waals surface area contributed by atoms with Gasteiger partial charge in [0.05, 0.1) is 5.92 Å². The summed E-state index contributed by atoms with van der Waals surface area (Å²) in [5.74, 6) is -0.819. The Hall–Kier alpha value is -3.35. The van der Waals surface area contributed by atoms with E-state index < -0.39 is 12.1 Å². The molecule has 2 aromatic rings. The van der Waals surface area contributed by atoms with Crippen molar-refractivity contribution in [2.45, 2.75) is 50.5 Å². The van der Waals surface area contributed by atoms with Crippen LogP contribution < -0.4 is 5.32 Å². The molecule has 0 spiro atoms. The van der Waals surface area contributed by atoms with Gasteiger partial charge in [0, 0.05) is 31.5 Å². The van der Waals surface area contributed by atoms with Crippen molar-refractivity contribution in [3.05, 3.63) is 59.7 Å². The fourth-order valence-corrected chi connectivity index (χ4v) is 6.06. The molecule has 0 unspecified atom stereocenters. The fraction of sp³-hybridized carbons (Fsp3) is 0.464. The van der Waals surface area contributed by atoms with Gasteiger partial charge in [-0.3, -0.25) is 9.59 Å². The minimum absolute atomic E-state index is 0.00116. The maximum atomic E-state index is 13.2. The molecule has 0 bridgehead atoms. The molecular weight excluding hydrogens is 444 g/mol. The first-order valence-electron chi connectivity index (χ1n) is 12.6. The number of nitrogens with zero attached hydrogens (tertiary/aromatic N) is 1. The van der Waals surface area contributed by atoms with Crippen molar-refractivity contribution in [3.8, 4) is 11.1 Å². The zero-order chi connectivity index (χ0) is 24.4. The molecule has 7 nitrogen and oxygen atoms in total. The third-order valence-electron chi connectivity index (χ3n) is 7.87. The van der Waals surface area contributed by atoms with E-state index in [1.54, 1.807) is 0 Å². The van der Waals surface area contributed by atoms with Crippen molar-refractivity contribution in [2.75, 3.05) is 19.7 Å². The lowest BCUT2D eigenvalue weighted by Crippen LogP contribution is -2.48. The number of carboxylic acids is 1. The lowest BCUT2D eigenvalue weighted by atomic mass is 9.92. The summed E-state index contributed by atoms with van der Waals surface area (Å²) in [7, 11) is 0. The van der Waals surface area contributed by atoms with Crippen molar-refractivity contribution < 1.29 is 24.2 Å². The van der Waals surface area contributed by atoms with E-state index in [4.69, 9.17) is 9.84 Å². The van der Waals surface area contributed by atoms with E-state index in [9.17, 15) is 14.4 Å². The Kier molecular flexibility index (Phi) is 6.75. The maximum absolute atomic E-state index is 13.2. The molecule has 1 aliphatic heterocycles. The van der Waals surface area contributed by atoms with Crippen LogP contribution in [0.5, 0.6) is 0 Å². The van der Waals surface area contributed by atoms with Crippen molar-refractivity contribution >= 4 is 18.0 Å². The highest BCUT2D eigenvalue weighted by molar-refractivity contribution is 5.81. The number of carboxylic acid groups (broad SMARTS) is 1. The van der Waals surface area contributed by atoms with Gasteiger partial charge in [-0.05, 0) is 53.9 Å². The number of piperidine rings is 1. The first-order chi connectivity index (χ1) is 17.0. The zero-order valence-electron chi connectivity index (χ0n) is 19.8. The number of fused-ring (bicyclic) bond motifs is 3. The smallest absolute Gasteiger partial charge is 0.407 e. The maximum Gasteiger partial charge on any atom is 0.407 e. The van der Waals surface area contributed by atoms with Crippen LogP contribution in [0.2, 0.25) is 0 Å². The Morgan fingerprint density at radius 2 is 1.54 bits per heavy atom. The van der Waals surface area contributed by atoms with E-state index in [-0.39, 0.29) is 42.7 Å². The highest BCUT2D eigenvalue weighted by Crippen LogP contribution is 2.44. The van der Waals surface area contributed by atoms with Gasteiger partial charge in [-0.1, -0.05) is 55.0 Å². The van der Waals surface area contributed by atoms with Gasteiger partial charge < -0.3 is 20.1 Å². The standard InChI is InChI=1S/C28H32N2O5/c31-26(32)16-18-12-14-30(15-13-18)27(33)23-10-5-11-25(23)29-28(34)35-17-24-21-8-3-1-6-19(21)20-7-2-4-9-22(20)24/h1-4,6-9,18,23-25H,5,10-17H2,(H,29,34)(H,31,32)/t23-,25+/m0/s1. The van der Waals surface area contributed by atoms with Crippen molar-refractivity contribution in [1.82, 2.24) is 10.2 Å². The van der Waals surface area contributed by atoms with Gasteiger partial charge in [0.1, 0.15) is 6.61 Å². The Labute approximate surface area is 205 Å². The van der Waals surface area contributed by atoms with E-state index in [0.29, 0.717) is 13.1 Å². The van der Waals surface area contributed by atoms with Crippen LogP contribution in [0.4, 0.5) is 4.79 Å². The molecule has 35 heavy (non-hydrogen) atoms. The lowest BCUT2D eigenvalue weighted by molar-refractivity contribution is -0.139. The number of carbonyl (C=O) groups is 3. The number of benzene rings is 2. The molecule has 5 rings (SSSR count). The predicted octanol–water partition coefficient (Wildman–Crippen LogP) is 4.41. The molecule has 2 atom stereocenters. The zero-order valence-corrected chi connectivity index (χ0v) is 19.8. The molecule has 7 heteroatoms. The summed E-state index contributed by atoms with van der Waals surface area (Å²) in [4.78, 5) is 38.7. The van der Waals surface area contributed by atoms with Gasteiger partial charge in [-0.2, -0.15) is 0 Å².